The molecule has 1 atom stereocenters. The van der Waals surface area contributed by atoms with Gasteiger partial charge in [-0.05, 0) is 55.9 Å². The van der Waals surface area contributed by atoms with Crippen molar-refractivity contribution in [2.75, 3.05) is 33.8 Å². The SMILES string of the molecule is COc1ccc(-c2cccc3nc(C4CN(Cc5scnc5C)CCN4C)cn23)cc1. The minimum Gasteiger partial charge on any atom is -0.497 e. The van der Waals surface area contributed by atoms with E-state index in [1.54, 1.807) is 18.4 Å². The fourth-order valence-electron chi connectivity index (χ4n) is 4.26. The largest absolute Gasteiger partial charge is 0.497 e. The number of likely N-dealkylation sites (N-methyl/N-ethyl adjacent to an activating group) is 1. The van der Waals surface area contributed by atoms with Gasteiger partial charge in [-0.1, -0.05) is 6.07 Å². The number of nitrogens with zero attached hydrogens (tertiary/aromatic N) is 5. The van der Waals surface area contributed by atoms with E-state index in [1.807, 2.05) is 17.6 Å². The van der Waals surface area contributed by atoms with Crippen molar-refractivity contribution in [1.82, 2.24) is 24.2 Å². The van der Waals surface area contributed by atoms with Crippen molar-refractivity contribution in [3.8, 4) is 17.0 Å². The van der Waals surface area contributed by atoms with Crippen LogP contribution in [-0.2, 0) is 6.54 Å². The molecule has 7 heteroatoms. The second-order valence-corrected chi connectivity index (χ2v) is 9.07. The molecular formula is C24H27N5OS. The summed E-state index contributed by atoms with van der Waals surface area (Å²) in [6.07, 6.45) is 2.21. The van der Waals surface area contributed by atoms with Crippen molar-refractivity contribution >= 4 is 17.0 Å². The van der Waals surface area contributed by atoms with Crippen LogP contribution in [0.25, 0.3) is 16.9 Å². The highest BCUT2D eigenvalue weighted by atomic mass is 32.1. The maximum absolute atomic E-state index is 5.31. The zero-order chi connectivity index (χ0) is 21.4. The van der Waals surface area contributed by atoms with Gasteiger partial charge in [-0.2, -0.15) is 0 Å². The predicted octanol–water partition coefficient (Wildman–Crippen LogP) is 4.26. The summed E-state index contributed by atoms with van der Waals surface area (Å²) >= 11 is 1.75. The highest BCUT2D eigenvalue weighted by Crippen LogP contribution is 2.29. The first-order chi connectivity index (χ1) is 15.1. The van der Waals surface area contributed by atoms with Crippen molar-refractivity contribution in [1.29, 1.82) is 0 Å². The Bertz CT molecular complexity index is 1180. The van der Waals surface area contributed by atoms with Crippen molar-refractivity contribution in [2.24, 2.45) is 0 Å². The molecule has 0 aliphatic carbocycles. The Kier molecular flexibility index (Phi) is 5.48. The number of aryl methyl sites for hydroxylation is 1. The number of piperazine rings is 1. The van der Waals surface area contributed by atoms with Gasteiger partial charge >= 0.3 is 0 Å². The first-order valence-electron chi connectivity index (χ1n) is 10.6. The van der Waals surface area contributed by atoms with Crippen LogP contribution >= 0.6 is 11.3 Å². The Morgan fingerprint density at radius 1 is 1.13 bits per heavy atom. The quantitative estimate of drug-likeness (QED) is 0.471. The van der Waals surface area contributed by atoms with Crippen molar-refractivity contribution in [3.05, 3.63) is 70.4 Å². The highest BCUT2D eigenvalue weighted by Gasteiger charge is 2.28. The number of hydrogen-bond acceptors (Lipinski definition) is 6. The summed E-state index contributed by atoms with van der Waals surface area (Å²) in [5.41, 5.74) is 7.48. The molecule has 0 bridgehead atoms. The zero-order valence-electron chi connectivity index (χ0n) is 18.2. The lowest BCUT2D eigenvalue weighted by atomic mass is 10.1. The van der Waals surface area contributed by atoms with Gasteiger partial charge in [-0.3, -0.25) is 14.2 Å². The Balaban J connectivity index is 1.44. The third-order valence-corrected chi connectivity index (χ3v) is 7.10. The number of thiazole rings is 1. The van der Waals surface area contributed by atoms with Gasteiger partial charge in [0.25, 0.3) is 0 Å². The number of fused-ring (bicyclic) bond motifs is 1. The average Bonchev–Trinajstić information content (AvgIpc) is 3.41. The first kappa shape index (κ1) is 20.2. The second-order valence-electron chi connectivity index (χ2n) is 8.13. The summed E-state index contributed by atoms with van der Waals surface area (Å²) in [6, 6.07) is 14.8. The summed E-state index contributed by atoms with van der Waals surface area (Å²) < 4.78 is 7.52. The van der Waals surface area contributed by atoms with E-state index in [4.69, 9.17) is 9.72 Å². The van der Waals surface area contributed by atoms with Crippen molar-refractivity contribution in [3.63, 3.8) is 0 Å². The number of ether oxygens (including phenoxy) is 1. The van der Waals surface area contributed by atoms with Crippen LogP contribution in [0, 0.1) is 6.92 Å². The van der Waals surface area contributed by atoms with Crippen molar-refractivity contribution < 1.29 is 4.74 Å². The van der Waals surface area contributed by atoms with Gasteiger partial charge < -0.3 is 4.74 Å². The van der Waals surface area contributed by atoms with Crippen LogP contribution < -0.4 is 4.74 Å². The third kappa shape index (κ3) is 3.96. The van der Waals surface area contributed by atoms with E-state index in [0.717, 1.165) is 60.2 Å². The molecule has 0 N–H and O–H groups in total. The number of pyridine rings is 1. The number of methoxy groups -OCH3 is 1. The van der Waals surface area contributed by atoms with Crippen molar-refractivity contribution in [2.45, 2.75) is 19.5 Å². The standard InChI is InChI=1S/C24H27N5OS/c1-17-23(31-16-25-17)15-28-12-11-27(2)22(14-28)20-13-29-21(5-4-6-24(29)26-20)18-7-9-19(30-3)10-8-18/h4-10,13,16,22H,11-12,14-15H2,1-3H3. The number of hydrogen-bond donors (Lipinski definition) is 0. The minimum absolute atomic E-state index is 0.269. The van der Waals surface area contributed by atoms with Crippen LogP contribution in [0.1, 0.15) is 22.3 Å². The summed E-state index contributed by atoms with van der Waals surface area (Å²) in [5, 5.41) is 0. The maximum atomic E-state index is 5.31. The summed E-state index contributed by atoms with van der Waals surface area (Å²) in [6.45, 7) is 6.12. The lowest BCUT2D eigenvalue weighted by Crippen LogP contribution is -2.46. The molecule has 1 aromatic carbocycles. The molecular weight excluding hydrogens is 406 g/mol. The molecule has 160 valence electrons. The molecule has 3 aromatic heterocycles. The van der Waals surface area contributed by atoms with Gasteiger partial charge in [0.1, 0.15) is 11.4 Å². The first-order valence-corrected chi connectivity index (χ1v) is 11.4. The van der Waals surface area contributed by atoms with Gasteiger partial charge in [-0.15, -0.1) is 11.3 Å². The van der Waals surface area contributed by atoms with Crippen LogP contribution in [-0.4, -0.2) is 58.0 Å². The fraction of sp³-hybridized carbons (Fsp3) is 0.333. The highest BCUT2D eigenvalue weighted by molar-refractivity contribution is 7.09. The minimum atomic E-state index is 0.269. The van der Waals surface area contributed by atoms with Gasteiger partial charge in [0, 0.05) is 37.3 Å². The topological polar surface area (TPSA) is 45.9 Å². The van der Waals surface area contributed by atoms with Crippen LogP contribution in [0.4, 0.5) is 0 Å². The molecule has 0 radical (unpaired) electrons. The third-order valence-electron chi connectivity index (χ3n) is 6.18. The molecule has 0 spiro atoms. The van der Waals surface area contributed by atoms with Crippen LogP contribution in [0.15, 0.2) is 54.2 Å². The lowest BCUT2D eigenvalue weighted by Gasteiger charge is -2.38. The molecule has 1 saturated heterocycles. The van der Waals surface area contributed by atoms with E-state index in [9.17, 15) is 0 Å². The van der Waals surface area contributed by atoms with Crippen LogP contribution in [0.2, 0.25) is 0 Å². The molecule has 6 nitrogen and oxygen atoms in total. The summed E-state index contributed by atoms with van der Waals surface area (Å²) in [7, 11) is 3.90. The van der Waals surface area contributed by atoms with E-state index >= 15 is 0 Å². The summed E-state index contributed by atoms with van der Waals surface area (Å²) in [5.74, 6) is 0.863. The molecule has 5 rings (SSSR count). The average molecular weight is 434 g/mol. The molecule has 4 heterocycles. The molecule has 1 fully saturated rings. The van der Waals surface area contributed by atoms with E-state index < -0.39 is 0 Å². The zero-order valence-corrected chi connectivity index (χ0v) is 19.0. The predicted molar refractivity (Wildman–Crippen MR) is 125 cm³/mol. The maximum Gasteiger partial charge on any atom is 0.137 e. The molecule has 1 aliphatic heterocycles. The molecule has 1 aliphatic rings. The molecule has 31 heavy (non-hydrogen) atoms. The van der Waals surface area contributed by atoms with E-state index in [0.29, 0.717) is 0 Å². The van der Waals surface area contributed by atoms with Gasteiger partial charge in [-0.25, -0.2) is 9.97 Å². The number of aromatic nitrogens is 3. The monoisotopic (exact) mass is 433 g/mol. The molecule has 1 unspecified atom stereocenters. The number of benzene rings is 1. The fourth-order valence-corrected chi connectivity index (χ4v) is 5.08. The van der Waals surface area contributed by atoms with Gasteiger partial charge in [0.15, 0.2) is 0 Å². The van der Waals surface area contributed by atoms with Gasteiger partial charge in [0.2, 0.25) is 0 Å². The molecule has 0 amide bonds. The van der Waals surface area contributed by atoms with Gasteiger partial charge in [0.05, 0.1) is 35.7 Å². The van der Waals surface area contributed by atoms with Crippen LogP contribution in [0.3, 0.4) is 0 Å². The Morgan fingerprint density at radius 2 is 1.97 bits per heavy atom. The Morgan fingerprint density at radius 3 is 2.71 bits per heavy atom. The second kappa shape index (κ2) is 8.42. The molecule has 0 saturated carbocycles. The Labute approximate surface area is 186 Å². The lowest BCUT2D eigenvalue weighted by molar-refractivity contribution is 0.0891. The van der Waals surface area contributed by atoms with E-state index in [2.05, 4.69) is 69.7 Å². The van der Waals surface area contributed by atoms with Crippen LogP contribution in [0.5, 0.6) is 5.75 Å². The molecule has 4 aromatic rings. The Hall–Kier alpha value is -2.74. The smallest absolute Gasteiger partial charge is 0.137 e. The van der Waals surface area contributed by atoms with E-state index in [-0.39, 0.29) is 6.04 Å². The summed E-state index contributed by atoms with van der Waals surface area (Å²) in [4.78, 5) is 15.7. The normalized spacial score (nSPS) is 18.0. The van der Waals surface area contributed by atoms with E-state index in [1.165, 1.54) is 4.88 Å². The number of imidazole rings is 1. The number of rotatable bonds is 5.